The second-order valence-corrected chi connectivity index (χ2v) is 5.45. The first-order valence-electron chi connectivity index (χ1n) is 6.59. The van der Waals surface area contributed by atoms with Gasteiger partial charge in [0.2, 0.25) is 5.91 Å². The van der Waals surface area contributed by atoms with E-state index in [1.807, 2.05) is 6.07 Å². The van der Waals surface area contributed by atoms with Crippen molar-refractivity contribution in [1.29, 1.82) is 0 Å². The lowest BCUT2D eigenvalue weighted by Gasteiger charge is -2.23. The molecule has 1 heterocycles. The van der Waals surface area contributed by atoms with Crippen LogP contribution < -0.4 is 5.32 Å². The summed E-state index contributed by atoms with van der Waals surface area (Å²) in [5.74, 6) is 0.951. The zero-order chi connectivity index (χ0) is 13.0. The number of hydrogen-bond donors (Lipinski definition) is 2. The summed E-state index contributed by atoms with van der Waals surface area (Å²) in [5, 5.41) is 13.0. The summed E-state index contributed by atoms with van der Waals surface area (Å²) < 4.78 is 5.20. The van der Waals surface area contributed by atoms with Crippen LogP contribution in [0.3, 0.4) is 0 Å². The second-order valence-electron chi connectivity index (χ2n) is 5.45. The lowest BCUT2D eigenvalue weighted by molar-refractivity contribution is -0.126. The van der Waals surface area contributed by atoms with Crippen LogP contribution in [0.1, 0.15) is 38.4 Å². The van der Waals surface area contributed by atoms with Gasteiger partial charge < -0.3 is 14.8 Å². The standard InChI is InChI=1S/C14H21NO3/c1-14(17,9-12-7-4-8-18-12)10-15-13(16)11-5-2-3-6-11/h4,7-8,11,17H,2-3,5-6,9-10H2,1H3,(H,15,16)/t14-/m0/s1. The van der Waals surface area contributed by atoms with E-state index >= 15 is 0 Å². The Labute approximate surface area is 107 Å². The minimum atomic E-state index is -0.966. The topological polar surface area (TPSA) is 62.5 Å². The Kier molecular flexibility index (Phi) is 4.07. The molecule has 1 fully saturated rings. The molecule has 0 aromatic carbocycles. The van der Waals surface area contributed by atoms with Crippen molar-refractivity contribution in [2.75, 3.05) is 6.54 Å². The fraction of sp³-hybridized carbons (Fsp3) is 0.643. The second kappa shape index (κ2) is 5.57. The number of furan rings is 1. The molecule has 1 aromatic heterocycles. The molecule has 100 valence electrons. The van der Waals surface area contributed by atoms with Gasteiger partial charge in [-0.25, -0.2) is 0 Å². The predicted octanol–water partition coefficient (Wildman–Crippen LogP) is 1.88. The third kappa shape index (κ3) is 3.60. The highest BCUT2D eigenvalue weighted by molar-refractivity contribution is 5.78. The molecule has 0 saturated heterocycles. The van der Waals surface area contributed by atoms with Gasteiger partial charge >= 0.3 is 0 Å². The van der Waals surface area contributed by atoms with Crippen molar-refractivity contribution in [2.45, 2.75) is 44.6 Å². The first-order valence-corrected chi connectivity index (χ1v) is 6.59. The SMILES string of the molecule is C[C@@](O)(CNC(=O)C1CCCC1)Cc1ccco1. The quantitative estimate of drug-likeness (QED) is 0.840. The number of nitrogens with one attached hydrogen (secondary N) is 1. The van der Waals surface area contributed by atoms with Crippen LogP contribution in [-0.2, 0) is 11.2 Å². The van der Waals surface area contributed by atoms with Crippen LogP contribution in [0.25, 0.3) is 0 Å². The maximum atomic E-state index is 11.8. The predicted molar refractivity (Wildman–Crippen MR) is 68.0 cm³/mol. The minimum Gasteiger partial charge on any atom is -0.469 e. The van der Waals surface area contributed by atoms with E-state index in [9.17, 15) is 9.90 Å². The Morgan fingerprint density at radius 1 is 1.56 bits per heavy atom. The molecule has 4 heteroatoms. The summed E-state index contributed by atoms with van der Waals surface area (Å²) in [4.78, 5) is 11.8. The van der Waals surface area contributed by atoms with Gasteiger partial charge in [0.25, 0.3) is 0 Å². The molecule has 2 N–H and O–H groups in total. The van der Waals surface area contributed by atoms with Crippen molar-refractivity contribution in [2.24, 2.45) is 5.92 Å². The molecule has 0 unspecified atom stereocenters. The zero-order valence-electron chi connectivity index (χ0n) is 10.8. The third-order valence-electron chi connectivity index (χ3n) is 3.50. The highest BCUT2D eigenvalue weighted by Crippen LogP contribution is 2.24. The Hall–Kier alpha value is -1.29. The van der Waals surface area contributed by atoms with Gasteiger partial charge in [0.05, 0.1) is 11.9 Å². The van der Waals surface area contributed by atoms with E-state index in [0.29, 0.717) is 6.42 Å². The van der Waals surface area contributed by atoms with E-state index in [1.54, 1.807) is 19.3 Å². The van der Waals surface area contributed by atoms with Gasteiger partial charge in [-0.3, -0.25) is 4.79 Å². The molecule has 1 saturated carbocycles. The van der Waals surface area contributed by atoms with Crippen molar-refractivity contribution in [1.82, 2.24) is 5.32 Å². The molecular formula is C14H21NO3. The Morgan fingerprint density at radius 2 is 2.28 bits per heavy atom. The highest BCUT2D eigenvalue weighted by atomic mass is 16.3. The van der Waals surface area contributed by atoms with Crippen molar-refractivity contribution >= 4 is 5.91 Å². The van der Waals surface area contributed by atoms with Gasteiger partial charge in [0.15, 0.2) is 0 Å². The van der Waals surface area contributed by atoms with E-state index in [2.05, 4.69) is 5.32 Å². The van der Waals surface area contributed by atoms with Crippen LogP contribution >= 0.6 is 0 Å². The molecule has 2 rings (SSSR count). The van der Waals surface area contributed by atoms with Gasteiger partial charge in [0, 0.05) is 18.9 Å². The lowest BCUT2D eigenvalue weighted by atomic mass is 10.00. The van der Waals surface area contributed by atoms with Crippen LogP contribution in [0, 0.1) is 5.92 Å². The zero-order valence-corrected chi connectivity index (χ0v) is 10.8. The summed E-state index contributed by atoms with van der Waals surface area (Å²) in [6, 6.07) is 3.62. The van der Waals surface area contributed by atoms with E-state index in [0.717, 1.165) is 31.4 Å². The first kappa shape index (κ1) is 13.1. The minimum absolute atomic E-state index is 0.0761. The average molecular weight is 251 g/mol. The van der Waals surface area contributed by atoms with Crippen LogP contribution in [-0.4, -0.2) is 23.2 Å². The normalized spacial score (nSPS) is 19.7. The Balaban J connectivity index is 1.79. The van der Waals surface area contributed by atoms with E-state index in [4.69, 9.17) is 4.42 Å². The van der Waals surface area contributed by atoms with Crippen LogP contribution in [0.2, 0.25) is 0 Å². The van der Waals surface area contributed by atoms with Crippen molar-refractivity contribution < 1.29 is 14.3 Å². The molecule has 1 aromatic rings. The maximum Gasteiger partial charge on any atom is 0.223 e. The summed E-state index contributed by atoms with van der Waals surface area (Å²) in [7, 11) is 0. The Morgan fingerprint density at radius 3 is 2.89 bits per heavy atom. The molecule has 4 nitrogen and oxygen atoms in total. The number of carbonyl (C=O) groups is 1. The highest BCUT2D eigenvalue weighted by Gasteiger charge is 2.27. The first-order chi connectivity index (χ1) is 8.57. The molecule has 1 aliphatic carbocycles. The molecule has 0 spiro atoms. The molecule has 0 bridgehead atoms. The summed E-state index contributed by atoms with van der Waals surface area (Å²) in [6.07, 6.45) is 6.23. The summed E-state index contributed by atoms with van der Waals surface area (Å²) >= 11 is 0. The maximum absolute atomic E-state index is 11.8. The van der Waals surface area contributed by atoms with Crippen LogP contribution in [0.5, 0.6) is 0 Å². The number of carbonyl (C=O) groups excluding carboxylic acids is 1. The molecular weight excluding hydrogens is 230 g/mol. The smallest absolute Gasteiger partial charge is 0.223 e. The molecule has 18 heavy (non-hydrogen) atoms. The van der Waals surface area contributed by atoms with Gasteiger partial charge in [-0.05, 0) is 31.9 Å². The fourth-order valence-corrected chi connectivity index (χ4v) is 2.46. The summed E-state index contributed by atoms with van der Waals surface area (Å²) in [6.45, 7) is 1.98. The van der Waals surface area contributed by atoms with E-state index in [1.165, 1.54) is 0 Å². The molecule has 0 aliphatic heterocycles. The third-order valence-corrected chi connectivity index (χ3v) is 3.50. The number of amides is 1. The van der Waals surface area contributed by atoms with Gasteiger partial charge in [-0.2, -0.15) is 0 Å². The van der Waals surface area contributed by atoms with Crippen molar-refractivity contribution in [3.63, 3.8) is 0 Å². The van der Waals surface area contributed by atoms with E-state index in [-0.39, 0.29) is 18.4 Å². The molecule has 1 atom stereocenters. The molecule has 1 amide bonds. The van der Waals surface area contributed by atoms with Gasteiger partial charge in [0.1, 0.15) is 5.76 Å². The van der Waals surface area contributed by atoms with Crippen LogP contribution in [0.4, 0.5) is 0 Å². The molecule has 1 aliphatic rings. The number of rotatable bonds is 5. The van der Waals surface area contributed by atoms with Crippen molar-refractivity contribution in [3.8, 4) is 0 Å². The van der Waals surface area contributed by atoms with Crippen molar-refractivity contribution in [3.05, 3.63) is 24.2 Å². The lowest BCUT2D eigenvalue weighted by Crippen LogP contribution is -2.43. The Bertz CT molecular complexity index is 378. The fourth-order valence-electron chi connectivity index (χ4n) is 2.46. The number of aliphatic hydroxyl groups is 1. The largest absolute Gasteiger partial charge is 0.469 e. The average Bonchev–Trinajstić information content (AvgIpc) is 2.97. The van der Waals surface area contributed by atoms with Gasteiger partial charge in [-0.1, -0.05) is 12.8 Å². The number of hydrogen-bond acceptors (Lipinski definition) is 3. The summed E-state index contributed by atoms with van der Waals surface area (Å²) in [5.41, 5.74) is -0.966. The monoisotopic (exact) mass is 251 g/mol. The van der Waals surface area contributed by atoms with Gasteiger partial charge in [-0.15, -0.1) is 0 Å². The van der Waals surface area contributed by atoms with E-state index < -0.39 is 5.60 Å². The molecule has 0 radical (unpaired) electrons. The van der Waals surface area contributed by atoms with Crippen LogP contribution in [0.15, 0.2) is 22.8 Å².